The van der Waals surface area contributed by atoms with E-state index in [9.17, 15) is 5.11 Å². The molecule has 1 aromatic carbocycles. The van der Waals surface area contributed by atoms with E-state index in [1.165, 1.54) is 5.57 Å². The Labute approximate surface area is 145 Å². The van der Waals surface area contributed by atoms with Crippen LogP contribution in [-0.4, -0.2) is 6.61 Å². The molecule has 1 atom stereocenters. The normalized spacial score (nSPS) is 18.7. The van der Waals surface area contributed by atoms with Gasteiger partial charge in [-0.2, -0.15) is 0 Å². The van der Waals surface area contributed by atoms with Gasteiger partial charge >= 0.3 is 58.2 Å². The number of benzene rings is 1. The van der Waals surface area contributed by atoms with Crippen molar-refractivity contribution in [1.82, 2.24) is 0 Å². The first-order valence-corrected chi connectivity index (χ1v) is 5.32. The summed E-state index contributed by atoms with van der Waals surface area (Å²) in [6, 6.07) is 5.87. The minimum atomic E-state index is -0.714. The van der Waals surface area contributed by atoms with Gasteiger partial charge in [-0.15, -0.1) is 0 Å². The van der Waals surface area contributed by atoms with Crippen molar-refractivity contribution in [2.45, 2.75) is 26.4 Å². The second-order valence-electron chi connectivity index (χ2n) is 3.85. The molecule has 1 aliphatic heterocycles. The first-order valence-electron chi connectivity index (χ1n) is 5.32. The van der Waals surface area contributed by atoms with E-state index in [0.717, 1.165) is 23.3 Å². The molecule has 1 aromatic rings. The fourth-order valence-corrected chi connectivity index (χ4v) is 1.86. The molecule has 0 spiro atoms. The van der Waals surface area contributed by atoms with Gasteiger partial charge in [-0.1, -0.05) is 25.2 Å². The van der Waals surface area contributed by atoms with Crippen LogP contribution in [0.3, 0.4) is 0 Å². The van der Waals surface area contributed by atoms with Crippen LogP contribution >= 0.6 is 0 Å². The average molecular weight is 289 g/mol. The summed E-state index contributed by atoms with van der Waals surface area (Å²) in [5.41, 5.74) is 3.15. The Morgan fingerprint density at radius 3 is 3.00 bits per heavy atom. The van der Waals surface area contributed by atoms with Crippen molar-refractivity contribution < 1.29 is 68.0 Å². The molecule has 0 radical (unpaired) electrons. The smallest absolute Gasteiger partial charge is 0.846 e. The van der Waals surface area contributed by atoms with E-state index in [-0.39, 0.29) is 64.8 Å². The summed E-state index contributed by atoms with van der Waals surface area (Å²) >= 11 is 0. The molecule has 80 valence electrons. The monoisotopic (exact) mass is 288 g/mol. The van der Waals surface area contributed by atoms with Gasteiger partial charge in [0.15, 0.2) is 0 Å². The number of allylic oxidation sites excluding steroid dienone is 2. The quantitative estimate of drug-likeness (QED) is 0.721. The van der Waals surface area contributed by atoms with Crippen molar-refractivity contribution in [1.29, 1.82) is 0 Å². The molecule has 0 bridgehead atoms. The Morgan fingerprint density at radius 2 is 2.31 bits per heavy atom. The molecule has 0 aromatic heterocycles. The molecule has 0 aliphatic carbocycles. The van der Waals surface area contributed by atoms with Crippen LogP contribution in [0.1, 0.15) is 37.5 Å². The summed E-state index contributed by atoms with van der Waals surface area (Å²) in [7, 11) is 0. The fourth-order valence-electron chi connectivity index (χ4n) is 1.86. The largest absolute Gasteiger partial charge is 1.00 e. The van der Waals surface area contributed by atoms with Crippen LogP contribution in [0, 0.1) is 0 Å². The third-order valence-corrected chi connectivity index (χ3v) is 2.71. The SMILES string of the molecule is CCC=C(C)c1ccc2c(c1)[C@@H]([O-])CO2.[Rb+]. The van der Waals surface area contributed by atoms with Gasteiger partial charge in [0.05, 0.1) is 6.61 Å². The summed E-state index contributed by atoms with van der Waals surface area (Å²) in [6.07, 6.45) is 2.46. The molecule has 0 saturated carbocycles. The zero-order valence-corrected chi connectivity index (χ0v) is 15.0. The van der Waals surface area contributed by atoms with Crippen LogP contribution in [0.2, 0.25) is 0 Å². The predicted octanol–water partition coefficient (Wildman–Crippen LogP) is -0.702. The molecular weight excluding hydrogens is 274 g/mol. The van der Waals surface area contributed by atoms with Crippen molar-refractivity contribution >= 4 is 5.57 Å². The zero-order valence-electron chi connectivity index (χ0n) is 10.1. The van der Waals surface area contributed by atoms with Gasteiger partial charge in [0.2, 0.25) is 0 Å². The van der Waals surface area contributed by atoms with E-state index in [1.807, 2.05) is 18.2 Å². The maximum absolute atomic E-state index is 11.5. The van der Waals surface area contributed by atoms with Crippen molar-refractivity contribution in [2.24, 2.45) is 0 Å². The Bertz CT molecular complexity index is 399. The Hall–Kier alpha value is 0.525. The summed E-state index contributed by atoms with van der Waals surface area (Å²) in [5.74, 6) is 0.753. The van der Waals surface area contributed by atoms with Gasteiger partial charge in [0.25, 0.3) is 0 Å². The van der Waals surface area contributed by atoms with Gasteiger partial charge in [0, 0.05) is 0 Å². The van der Waals surface area contributed by atoms with Crippen LogP contribution in [0.4, 0.5) is 0 Å². The van der Waals surface area contributed by atoms with E-state index in [0.29, 0.717) is 0 Å². The van der Waals surface area contributed by atoms with E-state index < -0.39 is 6.10 Å². The minimum absolute atomic E-state index is 0. The zero-order chi connectivity index (χ0) is 10.8. The molecule has 1 heterocycles. The molecule has 0 saturated heterocycles. The average Bonchev–Trinajstić information content (AvgIpc) is 2.60. The Morgan fingerprint density at radius 1 is 1.56 bits per heavy atom. The van der Waals surface area contributed by atoms with Crippen molar-refractivity contribution in [3.63, 3.8) is 0 Å². The summed E-state index contributed by atoms with van der Waals surface area (Å²) in [6.45, 7) is 4.45. The maximum Gasteiger partial charge on any atom is 1.00 e. The standard InChI is InChI=1S/C13H15O2.Rb/c1-3-4-9(2)10-5-6-13-11(7-10)12(14)8-15-13;/h4-7,12H,3,8H2,1-2H3;/q-1;+1/t12-;/m0./s1. The molecule has 0 unspecified atom stereocenters. The molecule has 1 aliphatic rings. The minimum Gasteiger partial charge on any atom is -0.846 e. The first kappa shape index (κ1) is 14.6. The summed E-state index contributed by atoms with van der Waals surface area (Å²) < 4.78 is 5.27. The number of hydrogen-bond acceptors (Lipinski definition) is 2. The van der Waals surface area contributed by atoms with Crippen LogP contribution in [0.15, 0.2) is 24.3 Å². The molecule has 0 N–H and O–H groups in total. The number of ether oxygens (including phenoxy) is 1. The van der Waals surface area contributed by atoms with Gasteiger partial charge in [0.1, 0.15) is 5.75 Å². The van der Waals surface area contributed by atoms with E-state index in [1.54, 1.807) is 0 Å². The van der Waals surface area contributed by atoms with Crippen LogP contribution in [0.5, 0.6) is 5.75 Å². The molecule has 2 rings (SSSR count). The topological polar surface area (TPSA) is 32.3 Å². The van der Waals surface area contributed by atoms with E-state index >= 15 is 0 Å². The third-order valence-electron chi connectivity index (χ3n) is 2.71. The number of hydrogen-bond donors (Lipinski definition) is 0. The van der Waals surface area contributed by atoms with Crippen LogP contribution < -0.4 is 68.0 Å². The van der Waals surface area contributed by atoms with E-state index in [4.69, 9.17) is 4.74 Å². The fraction of sp³-hybridized carbons (Fsp3) is 0.385. The molecule has 2 nitrogen and oxygen atoms in total. The van der Waals surface area contributed by atoms with Gasteiger partial charge in [-0.05, 0) is 42.2 Å². The van der Waals surface area contributed by atoms with Crippen LogP contribution in [0.25, 0.3) is 5.57 Å². The summed E-state index contributed by atoms with van der Waals surface area (Å²) in [5, 5.41) is 11.5. The number of rotatable bonds is 2. The van der Waals surface area contributed by atoms with Gasteiger partial charge in [-0.25, -0.2) is 0 Å². The summed E-state index contributed by atoms with van der Waals surface area (Å²) in [4.78, 5) is 0. The number of fused-ring (bicyclic) bond motifs is 1. The van der Waals surface area contributed by atoms with Crippen molar-refractivity contribution in [2.75, 3.05) is 6.61 Å². The Balaban J connectivity index is 0.00000128. The van der Waals surface area contributed by atoms with Crippen molar-refractivity contribution in [3.05, 3.63) is 35.4 Å². The van der Waals surface area contributed by atoms with Gasteiger partial charge < -0.3 is 9.84 Å². The first-order chi connectivity index (χ1) is 7.22. The predicted molar refractivity (Wildman–Crippen MR) is 58.6 cm³/mol. The Kier molecular flexibility index (Phi) is 5.89. The van der Waals surface area contributed by atoms with E-state index in [2.05, 4.69) is 19.9 Å². The third kappa shape index (κ3) is 3.05. The molecule has 0 fully saturated rings. The molecule has 16 heavy (non-hydrogen) atoms. The molecule has 3 heteroatoms. The van der Waals surface area contributed by atoms with Gasteiger partial charge in [-0.3, -0.25) is 0 Å². The molecule has 0 amide bonds. The van der Waals surface area contributed by atoms with Crippen molar-refractivity contribution in [3.8, 4) is 5.75 Å². The second-order valence-corrected chi connectivity index (χ2v) is 3.85. The van der Waals surface area contributed by atoms with Crippen LogP contribution in [-0.2, 0) is 0 Å². The second kappa shape index (κ2) is 6.46. The molecular formula is C13H15O2Rb. The maximum atomic E-state index is 11.5.